The quantitative estimate of drug-likeness (QED) is 0.353. The summed E-state index contributed by atoms with van der Waals surface area (Å²) in [6.07, 6.45) is -0.510. The lowest BCUT2D eigenvalue weighted by Crippen LogP contribution is -2.18. The first-order valence-electron chi connectivity index (χ1n) is 11.7. The molecule has 1 heterocycles. The fourth-order valence-electron chi connectivity index (χ4n) is 4.29. The van der Waals surface area contributed by atoms with E-state index in [1.165, 1.54) is 0 Å². The number of hydrogen-bond donors (Lipinski definition) is 1. The van der Waals surface area contributed by atoms with Crippen molar-refractivity contribution in [2.45, 2.75) is 11.9 Å². The number of methoxy groups -OCH3 is 3. The van der Waals surface area contributed by atoms with E-state index in [1.54, 1.807) is 33.5 Å². The Morgan fingerprint density at radius 2 is 1.73 bits per heavy atom. The number of primary sulfonamides is 1. The second kappa shape index (κ2) is 11.8. The smallest absolute Gasteiger partial charge is 0.213 e. The number of fused-ring (bicyclic) bond motifs is 3. The highest BCUT2D eigenvalue weighted by atomic mass is 32.2. The molecule has 1 atom stereocenters. The van der Waals surface area contributed by atoms with Gasteiger partial charge in [-0.25, -0.2) is 13.6 Å². The normalized spacial score (nSPS) is 14.3. The van der Waals surface area contributed by atoms with E-state index in [2.05, 4.69) is 0 Å². The maximum absolute atomic E-state index is 11.8. The summed E-state index contributed by atoms with van der Waals surface area (Å²) in [5.74, 6) is 2.06. The van der Waals surface area contributed by atoms with Gasteiger partial charge in [-0.05, 0) is 35.4 Å². The molecule has 0 fully saturated rings. The molecule has 0 saturated heterocycles. The molecule has 198 valence electrons. The van der Waals surface area contributed by atoms with Crippen molar-refractivity contribution in [3.05, 3.63) is 71.3 Å². The topological polar surface area (TPSA) is 116 Å². The van der Waals surface area contributed by atoms with E-state index >= 15 is 0 Å². The molecule has 0 spiro atoms. The Labute approximate surface area is 217 Å². The number of rotatable bonds is 12. The zero-order valence-corrected chi connectivity index (χ0v) is 21.9. The van der Waals surface area contributed by atoms with Gasteiger partial charge >= 0.3 is 0 Å². The minimum atomic E-state index is -3.72. The fraction of sp³-hybridized carbons (Fsp3) is 0.333. The molecule has 37 heavy (non-hydrogen) atoms. The van der Waals surface area contributed by atoms with Crippen LogP contribution in [0.3, 0.4) is 0 Å². The summed E-state index contributed by atoms with van der Waals surface area (Å²) < 4.78 is 57.7. The van der Waals surface area contributed by atoms with Gasteiger partial charge in [-0.15, -0.1) is 0 Å². The van der Waals surface area contributed by atoms with E-state index in [-0.39, 0.29) is 5.75 Å². The van der Waals surface area contributed by atoms with Crippen molar-refractivity contribution in [1.82, 2.24) is 0 Å². The molecule has 0 aromatic heterocycles. The van der Waals surface area contributed by atoms with Crippen LogP contribution in [0.4, 0.5) is 0 Å². The third-order valence-electron chi connectivity index (χ3n) is 5.88. The van der Waals surface area contributed by atoms with Gasteiger partial charge in [-0.3, -0.25) is 0 Å². The zero-order chi connectivity index (χ0) is 26.4. The summed E-state index contributed by atoms with van der Waals surface area (Å²) in [4.78, 5) is 0. The molecule has 10 heteroatoms. The first-order valence-corrected chi connectivity index (χ1v) is 13.4. The molecule has 3 aromatic carbocycles. The van der Waals surface area contributed by atoms with Crippen molar-refractivity contribution in [3.63, 3.8) is 0 Å². The van der Waals surface area contributed by atoms with Crippen molar-refractivity contribution in [2.24, 2.45) is 5.14 Å². The molecular weight excluding hydrogens is 498 g/mol. The van der Waals surface area contributed by atoms with Gasteiger partial charge in [0.1, 0.15) is 24.2 Å². The Kier molecular flexibility index (Phi) is 8.55. The molecular formula is C27H31NO8S. The van der Waals surface area contributed by atoms with Crippen LogP contribution in [-0.2, 0) is 25.2 Å². The highest BCUT2D eigenvalue weighted by molar-refractivity contribution is 7.88. The number of nitrogens with two attached hydrogens (primary N) is 1. The Morgan fingerprint density at radius 3 is 2.46 bits per heavy atom. The third-order valence-corrected chi connectivity index (χ3v) is 6.62. The lowest BCUT2D eigenvalue weighted by atomic mass is 9.88. The molecule has 1 aliphatic heterocycles. The molecule has 4 rings (SSSR count). The summed E-state index contributed by atoms with van der Waals surface area (Å²) in [6, 6.07) is 16.6. The van der Waals surface area contributed by atoms with Crippen LogP contribution in [0.2, 0.25) is 0 Å². The Morgan fingerprint density at radius 1 is 0.919 bits per heavy atom. The highest BCUT2D eigenvalue weighted by Gasteiger charge is 2.32. The molecule has 0 aliphatic carbocycles. The van der Waals surface area contributed by atoms with Crippen LogP contribution in [0.5, 0.6) is 23.0 Å². The lowest BCUT2D eigenvalue weighted by Gasteiger charge is -2.31. The van der Waals surface area contributed by atoms with Crippen molar-refractivity contribution in [1.29, 1.82) is 0 Å². The van der Waals surface area contributed by atoms with Gasteiger partial charge in [0.05, 0.1) is 45.4 Å². The van der Waals surface area contributed by atoms with Crippen molar-refractivity contribution in [3.8, 4) is 34.1 Å². The van der Waals surface area contributed by atoms with E-state index in [9.17, 15) is 8.42 Å². The molecule has 3 aromatic rings. The van der Waals surface area contributed by atoms with Crippen LogP contribution in [0, 0.1) is 0 Å². The molecule has 0 bridgehead atoms. The van der Waals surface area contributed by atoms with Crippen LogP contribution in [0.1, 0.15) is 22.8 Å². The van der Waals surface area contributed by atoms with Crippen LogP contribution in [0.25, 0.3) is 11.1 Å². The average Bonchev–Trinajstić information content (AvgIpc) is 2.88. The average molecular weight is 530 g/mol. The van der Waals surface area contributed by atoms with Gasteiger partial charge in [0, 0.05) is 18.2 Å². The van der Waals surface area contributed by atoms with Gasteiger partial charge in [-0.2, -0.15) is 0 Å². The van der Waals surface area contributed by atoms with Gasteiger partial charge in [0.15, 0.2) is 11.5 Å². The van der Waals surface area contributed by atoms with E-state index < -0.39 is 16.1 Å². The molecule has 1 aliphatic rings. The summed E-state index contributed by atoms with van der Waals surface area (Å²) in [5, 5.41) is 5.32. The van der Waals surface area contributed by atoms with Crippen LogP contribution >= 0.6 is 0 Å². The number of benzene rings is 3. The van der Waals surface area contributed by atoms with Gasteiger partial charge < -0.3 is 28.4 Å². The largest absolute Gasteiger partial charge is 0.497 e. The Bertz CT molecular complexity index is 1340. The van der Waals surface area contributed by atoms with Crippen LogP contribution < -0.4 is 24.1 Å². The molecule has 0 radical (unpaired) electrons. The van der Waals surface area contributed by atoms with E-state index in [1.807, 2.05) is 42.5 Å². The molecule has 9 nitrogen and oxygen atoms in total. The van der Waals surface area contributed by atoms with E-state index in [0.29, 0.717) is 55.0 Å². The second-order valence-electron chi connectivity index (χ2n) is 8.43. The van der Waals surface area contributed by atoms with Crippen molar-refractivity contribution >= 4 is 10.0 Å². The molecule has 1 unspecified atom stereocenters. The van der Waals surface area contributed by atoms with Crippen molar-refractivity contribution in [2.75, 3.05) is 47.8 Å². The predicted molar refractivity (Wildman–Crippen MR) is 139 cm³/mol. The maximum Gasteiger partial charge on any atom is 0.213 e. The monoisotopic (exact) mass is 529 g/mol. The van der Waals surface area contributed by atoms with Crippen LogP contribution in [0.15, 0.2) is 54.6 Å². The lowest BCUT2D eigenvalue weighted by molar-refractivity contribution is 0.0540. The SMILES string of the molecule is COCCOCCOc1ccc2c(c1OC)-c1ccc(CS(N)(=O)=O)cc1C(c1cccc(OC)c1)O2. The third kappa shape index (κ3) is 6.34. The highest BCUT2D eigenvalue weighted by Crippen LogP contribution is 2.52. The first kappa shape index (κ1) is 26.7. The van der Waals surface area contributed by atoms with Gasteiger partial charge in [0.25, 0.3) is 0 Å². The minimum absolute atomic E-state index is 0.290. The van der Waals surface area contributed by atoms with Crippen LogP contribution in [-0.4, -0.2) is 56.2 Å². The molecule has 2 N–H and O–H groups in total. The number of ether oxygens (including phenoxy) is 6. The van der Waals surface area contributed by atoms with E-state index in [4.69, 9.17) is 33.6 Å². The summed E-state index contributed by atoms with van der Waals surface area (Å²) in [7, 11) is 1.07. The summed E-state index contributed by atoms with van der Waals surface area (Å²) in [6.45, 7) is 1.71. The van der Waals surface area contributed by atoms with Gasteiger partial charge in [-0.1, -0.05) is 30.3 Å². The van der Waals surface area contributed by atoms with Gasteiger partial charge in [0.2, 0.25) is 10.0 Å². The second-order valence-corrected chi connectivity index (χ2v) is 10.0. The summed E-state index contributed by atoms with van der Waals surface area (Å²) >= 11 is 0. The van der Waals surface area contributed by atoms with E-state index in [0.717, 1.165) is 22.3 Å². The zero-order valence-electron chi connectivity index (χ0n) is 21.1. The molecule has 0 amide bonds. The Balaban J connectivity index is 1.75. The van der Waals surface area contributed by atoms with Crippen molar-refractivity contribution < 1.29 is 36.8 Å². The minimum Gasteiger partial charge on any atom is -0.497 e. The summed E-state index contributed by atoms with van der Waals surface area (Å²) in [5.41, 5.74) is 3.75. The Hall–Kier alpha value is -3.31. The number of sulfonamides is 1. The number of hydrogen-bond acceptors (Lipinski definition) is 8. The standard InChI is InChI=1S/C27H31NO8S/c1-31-11-12-34-13-14-35-24-10-9-23-25(27(24)33-3)21-8-7-18(17-37(28,29)30)15-22(21)26(36-23)19-5-4-6-20(16-19)32-2/h4-10,15-16,26H,11-14,17H2,1-3H3,(H2,28,29,30). The maximum atomic E-state index is 11.8. The fourth-order valence-corrected chi connectivity index (χ4v) is 4.94. The first-order chi connectivity index (χ1) is 17.8. The molecule has 0 saturated carbocycles. The predicted octanol–water partition coefficient (Wildman–Crippen LogP) is 3.68.